The number of likely N-dealkylation sites (N-methyl/N-ethyl adjacent to an activating group) is 1. The Morgan fingerprint density at radius 1 is 1.50 bits per heavy atom. The Morgan fingerprint density at radius 3 is 3.00 bits per heavy atom. The van der Waals surface area contributed by atoms with Crippen LogP contribution in [0.2, 0.25) is 0 Å². The van der Waals surface area contributed by atoms with Crippen molar-refractivity contribution in [3.05, 3.63) is 16.6 Å². The second-order valence-electron chi connectivity index (χ2n) is 5.36. The van der Waals surface area contributed by atoms with Gasteiger partial charge in [0.2, 0.25) is 0 Å². The zero-order chi connectivity index (χ0) is 11.0. The first-order chi connectivity index (χ1) is 7.86. The van der Waals surface area contributed by atoms with Crippen LogP contribution in [-0.2, 0) is 6.42 Å². The number of fused-ring (bicyclic) bond motifs is 2. The fourth-order valence-electron chi connectivity index (χ4n) is 3.80. The molecular formula is C13H20N2S. The first-order valence-corrected chi connectivity index (χ1v) is 7.30. The van der Waals surface area contributed by atoms with Crippen LogP contribution in [0.15, 0.2) is 11.6 Å². The molecule has 2 bridgehead atoms. The SMILES string of the molecule is CNC(Cc1nccs1)C1CC2CCC1C2. The van der Waals surface area contributed by atoms with Gasteiger partial charge < -0.3 is 5.32 Å². The summed E-state index contributed by atoms with van der Waals surface area (Å²) >= 11 is 1.79. The maximum Gasteiger partial charge on any atom is 0.0940 e. The molecule has 2 saturated carbocycles. The van der Waals surface area contributed by atoms with Gasteiger partial charge in [0.25, 0.3) is 0 Å². The molecule has 3 rings (SSSR count). The highest BCUT2D eigenvalue weighted by Crippen LogP contribution is 2.49. The van der Waals surface area contributed by atoms with Gasteiger partial charge >= 0.3 is 0 Å². The smallest absolute Gasteiger partial charge is 0.0940 e. The lowest BCUT2D eigenvalue weighted by Gasteiger charge is -2.29. The molecule has 0 aliphatic heterocycles. The highest BCUT2D eigenvalue weighted by Gasteiger charge is 2.42. The predicted octanol–water partition coefficient (Wildman–Crippen LogP) is 2.71. The molecule has 0 saturated heterocycles. The minimum atomic E-state index is 0.654. The number of aromatic nitrogens is 1. The van der Waals surface area contributed by atoms with Crippen LogP contribution in [-0.4, -0.2) is 18.1 Å². The average Bonchev–Trinajstić information content (AvgIpc) is 3.02. The maximum atomic E-state index is 4.42. The van der Waals surface area contributed by atoms with Gasteiger partial charge in [-0.3, -0.25) is 0 Å². The molecule has 1 N–H and O–H groups in total. The second kappa shape index (κ2) is 4.46. The second-order valence-corrected chi connectivity index (χ2v) is 6.34. The standard InChI is InChI=1S/C13H20N2S/c1-14-12(8-13-15-4-5-16-13)11-7-9-2-3-10(11)6-9/h4-5,9-12,14H,2-3,6-8H2,1H3. The molecule has 2 fully saturated rings. The lowest BCUT2D eigenvalue weighted by atomic mass is 9.82. The molecule has 3 heteroatoms. The molecular weight excluding hydrogens is 216 g/mol. The number of rotatable bonds is 4. The summed E-state index contributed by atoms with van der Waals surface area (Å²) in [5.74, 6) is 2.96. The molecule has 4 atom stereocenters. The highest BCUT2D eigenvalue weighted by molar-refractivity contribution is 7.09. The lowest BCUT2D eigenvalue weighted by molar-refractivity contribution is 0.255. The third-order valence-electron chi connectivity index (χ3n) is 4.56. The molecule has 4 unspecified atom stereocenters. The van der Waals surface area contributed by atoms with Crippen LogP contribution in [0.4, 0.5) is 0 Å². The number of hydrogen-bond acceptors (Lipinski definition) is 3. The molecule has 1 aromatic heterocycles. The summed E-state index contributed by atoms with van der Waals surface area (Å²) in [5.41, 5.74) is 0. The highest BCUT2D eigenvalue weighted by atomic mass is 32.1. The summed E-state index contributed by atoms with van der Waals surface area (Å²) in [5, 5.41) is 6.91. The van der Waals surface area contributed by atoms with E-state index in [4.69, 9.17) is 0 Å². The molecule has 0 radical (unpaired) electrons. The van der Waals surface area contributed by atoms with E-state index in [1.54, 1.807) is 11.3 Å². The minimum absolute atomic E-state index is 0.654. The van der Waals surface area contributed by atoms with Crippen molar-refractivity contribution in [2.45, 2.75) is 38.1 Å². The Morgan fingerprint density at radius 2 is 2.44 bits per heavy atom. The van der Waals surface area contributed by atoms with Crippen LogP contribution in [0.5, 0.6) is 0 Å². The Balaban J connectivity index is 1.67. The van der Waals surface area contributed by atoms with Crippen LogP contribution in [0.3, 0.4) is 0 Å². The lowest BCUT2D eigenvalue weighted by Crippen LogP contribution is -2.38. The van der Waals surface area contributed by atoms with Gasteiger partial charge in [0, 0.05) is 24.0 Å². The fraction of sp³-hybridized carbons (Fsp3) is 0.769. The zero-order valence-corrected chi connectivity index (χ0v) is 10.7. The van der Waals surface area contributed by atoms with Crippen molar-refractivity contribution in [1.29, 1.82) is 0 Å². The van der Waals surface area contributed by atoms with Gasteiger partial charge in [-0.05, 0) is 44.1 Å². The van der Waals surface area contributed by atoms with Gasteiger partial charge in [0.15, 0.2) is 0 Å². The van der Waals surface area contributed by atoms with Crippen molar-refractivity contribution >= 4 is 11.3 Å². The van der Waals surface area contributed by atoms with E-state index < -0.39 is 0 Å². The largest absolute Gasteiger partial charge is 0.316 e. The summed E-state index contributed by atoms with van der Waals surface area (Å²) in [7, 11) is 2.12. The molecule has 2 aliphatic rings. The molecule has 2 nitrogen and oxygen atoms in total. The Bertz CT molecular complexity index is 336. The van der Waals surface area contributed by atoms with Crippen LogP contribution in [0, 0.1) is 17.8 Å². The number of hydrogen-bond donors (Lipinski definition) is 1. The van der Waals surface area contributed by atoms with E-state index in [0.717, 1.165) is 24.2 Å². The Hall–Kier alpha value is -0.410. The van der Waals surface area contributed by atoms with Crippen molar-refractivity contribution in [3.8, 4) is 0 Å². The summed E-state index contributed by atoms with van der Waals surface area (Å²) in [4.78, 5) is 4.42. The van der Waals surface area contributed by atoms with Gasteiger partial charge in [-0.2, -0.15) is 0 Å². The molecule has 1 aromatic rings. The Kier molecular flexibility index (Phi) is 2.99. The topological polar surface area (TPSA) is 24.9 Å². The van der Waals surface area contributed by atoms with Crippen molar-refractivity contribution in [2.24, 2.45) is 17.8 Å². The molecule has 2 aliphatic carbocycles. The van der Waals surface area contributed by atoms with Crippen molar-refractivity contribution in [1.82, 2.24) is 10.3 Å². The summed E-state index contributed by atoms with van der Waals surface area (Å²) in [6, 6.07) is 0.654. The quantitative estimate of drug-likeness (QED) is 0.869. The van der Waals surface area contributed by atoms with Crippen LogP contribution < -0.4 is 5.32 Å². The van der Waals surface area contributed by atoms with Gasteiger partial charge in [0.1, 0.15) is 0 Å². The van der Waals surface area contributed by atoms with E-state index in [1.165, 1.54) is 30.7 Å². The monoisotopic (exact) mass is 236 g/mol. The number of thiazole rings is 1. The first kappa shape index (κ1) is 10.7. The average molecular weight is 236 g/mol. The van der Waals surface area contributed by atoms with Gasteiger partial charge in [-0.1, -0.05) is 6.42 Å². The summed E-state index contributed by atoms with van der Waals surface area (Å²) in [6.45, 7) is 0. The van der Waals surface area contributed by atoms with Crippen molar-refractivity contribution in [2.75, 3.05) is 7.05 Å². The molecule has 16 heavy (non-hydrogen) atoms. The molecule has 0 spiro atoms. The van der Waals surface area contributed by atoms with E-state index in [9.17, 15) is 0 Å². The van der Waals surface area contributed by atoms with Gasteiger partial charge in [0.05, 0.1) is 5.01 Å². The number of nitrogens with one attached hydrogen (secondary N) is 1. The normalized spacial score (nSPS) is 34.4. The van der Waals surface area contributed by atoms with Crippen LogP contribution in [0.1, 0.15) is 30.7 Å². The Labute approximate surface area is 101 Å². The minimum Gasteiger partial charge on any atom is -0.316 e. The van der Waals surface area contributed by atoms with E-state index >= 15 is 0 Å². The molecule has 0 amide bonds. The van der Waals surface area contributed by atoms with E-state index in [0.29, 0.717) is 6.04 Å². The van der Waals surface area contributed by atoms with E-state index in [1.807, 2.05) is 6.20 Å². The zero-order valence-electron chi connectivity index (χ0n) is 9.86. The fourth-order valence-corrected chi connectivity index (χ4v) is 4.47. The van der Waals surface area contributed by atoms with Gasteiger partial charge in [-0.15, -0.1) is 11.3 Å². The molecule has 1 heterocycles. The third kappa shape index (κ3) is 1.91. The van der Waals surface area contributed by atoms with Crippen molar-refractivity contribution < 1.29 is 0 Å². The van der Waals surface area contributed by atoms with Gasteiger partial charge in [-0.25, -0.2) is 4.98 Å². The first-order valence-electron chi connectivity index (χ1n) is 6.42. The van der Waals surface area contributed by atoms with E-state index in [-0.39, 0.29) is 0 Å². The summed E-state index contributed by atoms with van der Waals surface area (Å²) < 4.78 is 0. The maximum absolute atomic E-state index is 4.42. The number of nitrogens with zero attached hydrogens (tertiary/aromatic N) is 1. The molecule has 0 aromatic carbocycles. The third-order valence-corrected chi connectivity index (χ3v) is 5.36. The predicted molar refractivity (Wildman–Crippen MR) is 67.6 cm³/mol. The van der Waals surface area contributed by atoms with E-state index in [2.05, 4.69) is 22.7 Å². The van der Waals surface area contributed by atoms with Crippen molar-refractivity contribution in [3.63, 3.8) is 0 Å². The van der Waals surface area contributed by atoms with Crippen LogP contribution >= 0.6 is 11.3 Å². The molecule has 88 valence electrons. The summed E-state index contributed by atoms with van der Waals surface area (Å²) in [6.07, 6.45) is 8.98. The van der Waals surface area contributed by atoms with Crippen LogP contribution in [0.25, 0.3) is 0 Å².